The lowest BCUT2D eigenvalue weighted by molar-refractivity contribution is 0.0941. The van der Waals surface area contributed by atoms with Gasteiger partial charge in [-0.3, -0.25) is 23.8 Å². The van der Waals surface area contributed by atoms with Crippen LogP contribution in [0.25, 0.3) is 11.3 Å². The van der Waals surface area contributed by atoms with Gasteiger partial charge in [0.25, 0.3) is 31.7 Å². The van der Waals surface area contributed by atoms with Crippen LogP contribution in [0.3, 0.4) is 0 Å². The van der Waals surface area contributed by atoms with Gasteiger partial charge in [-0.25, -0.2) is 0 Å². The van der Waals surface area contributed by atoms with Crippen molar-refractivity contribution in [2.75, 3.05) is 0 Å². The molecule has 2 aromatic heterocycles. The molecule has 27 heavy (non-hydrogen) atoms. The Labute approximate surface area is 151 Å². The Kier molecular flexibility index (Phi) is 4.39. The smallest absolute Gasteiger partial charge is 0.295 e. The fourth-order valence-electron chi connectivity index (χ4n) is 2.36. The van der Waals surface area contributed by atoms with Crippen LogP contribution in [0.5, 0.6) is 0 Å². The van der Waals surface area contributed by atoms with E-state index in [1.165, 1.54) is 6.20 Å². The summed E-state index contributed by atoms with van der Waals surface area (Å²) < 4.78 is 70.3. The number of hydrogen-bond donors (Lipinski definition) is 3. The van der Waals surface area contributed by atoms with Crippen molar-refractivity contribution in [2.45, 2.75) is 9.79 Å². The molecule has 0 aliphatic carbocycles. The average Bonchev–Trinajstić information content (AvgIpc) is 3.20. The van der Waals surface area contributed by atoms with Gasteiger partial charge in [0.05, 0.1) is 16.7 Å². The van der Waals surface area contributed by atoms with E-state index in [9.17, 15) is 35.5 Å². The van der Waals surface area contributed by atoms with Gasteiger partial charge < -0.3 is 4.42 Å². The Morgan fingerprint density at radius 2 is 1.74 bits per heavy atom. The summed E-state index contributed by atoms with van der Waals surface area (Å²) in [4.78, 5) is 22.7. The van der Waals surface area contributed by atoms with Gasteiger partial charge in [-0.15, -0.1) is 0 Å². The van der Waals surface area contributed by atoms with Crippen molar-refractivity contribution in [1.82, 2.24) is 9.78 Å². The molecule has 0 aliphatic heterocycles. The Morgan fingerprint density at radius 3 is 2.30 bits per heavy atom. The molecule has 0 spiro atoms. The van der Waals surface area contributed by atoms with Crippen LogP contribution in [-0.4, -0.2) is 41.6 Å². The first-order chi connectivity index (χ1) is 12.5. The number of nitrogens with one attached hydrogen (secondary N) is 1. The Bertz CT molecular complexity index is 1310. The average molecular weight is 414 g/mol. The first kappa shape index (κ1) is 18.8. The number of carbonyl (C=O) groups is 1. The van der Waals surface area contributed by atoms with E-state index in [0.717, 1.165) is 30.5 Å². The molecule has 2 heterocycles. The molecule has 0 saturated heterocycles. The fourth-order valence-corrected chi connectivity index (χ4v) is 3.53. The van der Waals surface area contributed by atoms with Crippen LogP contribution in [0.4, 0.5) is 0 Å². The Balaban J connectivity index is 2.29. The molecule has 0 atom stereocenters. The monoisotopic (exact) mass is 414 g/mol. The molecule has 1 aromatic carbocycles. The zero-order valence-corrected chi connectivity index (χ0v) is 14.7. The van der Waals surface area contributed by atoms with E-state index in [0.29, 0.717) is 10.7 Å². The molecule has 3 rings (SSSR count). The first-order valence-electron chi connectivity index (χ1n) is 6.98. The minimum atomic E-state index is -4.85. The normalized spacial score (nSPS) is 12.2. The lowest BCUT2D eigenvalue weighted by atomic mass is 10.1. The SMILES string of the molecule is O=C(c1ccoc1-c1cc(S(=O)(=O)O)ccc1S(=O)(=O)O)n1[nH]ccc1=O. The number of aromatic amines is 1. The molecule has 0 bridgehead atoms. The molecule has 3 N–H and O–H groups in total. The van der Waals surface area contributed by atoms with E-state index in [2.05, 4.69) is 5.10 Å². The highest BCUT2D eigenvalue weighted by molar-refractivity contribution is 7.86. The third-order valence-electron chi connectivity index (χ3n) is 3.52. The van der Waals surface area contributed by atoms with Gasteiger partial charge in [-0.05, 0) is 24.3 Å². The number of benzene rings is 1. The van der Waals surface area contributed by atoms with Crippen molar-refractivity contribution >= 4 is 26.1 Å². The number of H-pyrrole nitrogens is 1. The summed E-state index contributed by atoms with van der Waals surface area (Å²) >= 11 is 0. The molecule has 13 heteroatoms. The van der Waals surface area contributed by atoms with Gasteiger partial charge >= 0.3 is 0 Å². The van der Waals surface area contributed by atoms with Crippen molar-refractivity contribution in [3.8, 4) is 11.3 Å². The van der Waals surface area contributed by atoms with Crippen LogP contribution in [0.15, 0.2) is 61.8 Å². The molecular formula is C14H10N2O9S2. The van der Waals surface area contributed by atoms with Crippen molar-refractivity contribution in [3.63, 3.8) is 0 Å². The summed E-state index contributed by atoms with van der Waals surface area (Å²) in [5.41, 5.74) is -1.49. The van der Waals surface area contributed by atoms with E-state index >= 15 is 0 Å². The third-order valence-corrected chi connectivity index (χ3v) is 5.28. The molecule has 0 unspecified atom stereocenters. The molecule has 0 radical (unpaired) electrons. The highest BCUT2D eigenvalue weighted by Gasteiger charge is 2.27. The minimum absolute atomic E-state index is 0.295. The molecule has 0 amide bonds. The second-order valence-corrected chi connectivity index (χ2v) is 8.02. The van der Waals surface area contributed by atoms with Crippen molar-refractivity contribution in [1.29, 1.82) is 0 Å². The van der Waals surface area contributed by atoms with E-state index in [-0.39, 0.29) is 5.56 Å². The van der Waals surface area contributed by atoms with Gasteiger partial charge in [0, 0.05) is 17.8 Å². The van der Waals surface area contributed by atoms with E-state index in [4.69, 9.17) is 4.42 Å². The summed E-state index contributed by atoms with van der Waals surface area (Å²) in [7, 11) is -9.58. The summed E-state index contributed by atoms with van der Waals surface area (Å²) in [6, 6.07) is 4.39. The predicted octanol–water partition coefficient (Wildman–Crippen LogP) is 0.618. The summed E-state index contributed by atoms with van der Waals surface area (Å²) in [6.45, 7) is 0. The zero-order valence-electron chi connectivity index (χ0n) is 13.1. The fraction of sp³-hybridized carbons (Fsp3) is 0. The second-order valence-electron chi connectivity index (χ2n) is 5.21. The Hall–Kier alpha value is -3.00. The predicted molar refractivity (Wildman–Crippen MR) is 88.6 cm³/mol. The Morgan fingerprint density at radius 1 is 1.04 bits per heavy atom. The van der Waals surface area contributed by atoms with E-state index in [1.54, 1.807) is 0 Å². The minimum Gasteiger partial charge on any atom is -0.463 e. The number of rotatable bonds is 4. The molecule has 11 nitrogen and oxygen atoms in total. The highest BCUT2D eigenvalue weighted by atomic mass is 32.2. The van der Waals surface area contributed by atoms with Crippen molar-refractivity contribution in [3.05, 3.63) is 58.7 Å². The maximum Gasteiger partial charge on any atom is 0.295 e. The van der Waals surface area contributed by atoms with Crippen LogP contribution in [0.2, 0.25) is 0 Å². The van der Waals surface area contributed by atoms with Gasteiger partial charge in [-0.2, -0.15) is 21.5 Å². The first-order valence-corrected chi connectivity index (χ1v) is 9.86. The number of hydrogen-bond acceptors (Lipinski definition) is 7. The topological polar surface area (TPSA) is 177 Å². The molecule has 142 valence electrons. The van der Waals surface area contributed by atoms with Crippen LogP contribution in [-0.2, 0) is 20.2 Å². The number of aromatic nitrogens is 2. The quantitative estimate of drug-likeness (QED) is 0.516. The molecule has 0 aliphatic rings. The summed E-state index contributed by atoms with van der Waals surface area (Å²) in [6.07, 6.45) is 2.20. The van der Waals surface area contributed by atoms with Gasteiger partial charge in [0.15, 0.2) is 0 Å². The largest absolute Gasteiger partial charge is 0.463 e. The maximum atomic E-state index is 12.5. The van der Waals surface area contributed by atoms with Crippen molar-refractivity contribution in [2.24, 2.45) is 0 Å². The lowest BCUT2D eigenvalue weighted by Crippen LogP contribution is -2.24. The number of carbonyl (C=O) groups excluding carboxylic acids is 1. The van der Waals surface area contributed by atoms with E-state index < -0.39 is 52.8 Å². The molecule has 0 saturated carbocycles. The zero-order chi connectivity index (χ0) is 20.0. The van der Waals surface area contributed by atoms with Crippen LogP contribution in [0.1, 0.15) is 10.4 Å². The molecule has 0 fully saturated rings. The molecular weight excluding hydrogens is 404 g/mol. The lowest BCUT2D eigenvalue weighted by Gasteiger charge is -2.09. The summed E-state index contributed by atoms with van der Waals surface area (Å²) in [5, 5.41) is 2.36. The maximum absolute atomic E-state index is 12.5. The van der Waals surface area contributed by atoms with Crippen molar-refractivity contribution < 1.29 is 35.2 Å². The van der Waals surface area contributed by atoms with Crippen LogP contribution in [0, 0.1) is 0 Å². The van der Waals surface area contributed by atoms with Gasteiger partial charge in [-0.1, -0.05) is 0 Å². The summed E-state index contributed by atoms with van der Waals surface area (Å²) in [5.74, 6) is -1.35. The van der Waals surface area contributed by atoms with Crippen LogP contribution >= 0.6 is 0 Å². The number of nitrogens with zero attached hydrogens (tertiary/aromatic N) is 1. The van der Waals surface area contributed by atoms with Gasteiger partial charge in [0.1, 0.15) is 10.7 Å². The second kappa shape index (κ2) is 6.31. The molecule has 3 aromatic rings. The third kappa shape index (κ3) is 3.48. The van der Waals surface area contributed by atoms with E-state index in [1.807, 2.05) is 0 Å². The van der Waals surface area contributed by atoms with Crippen LogP contribution < -0.4 is 5.56 Å². The standard InChI is InChI=1S/C14H10N2O9S2/c17-12-3-5-15-16(12)14(18)9-4-6-25-13(9)10-7-8(26(19,20)21)1-2-11(10)27(22,23)24/h1-7,15H,(H,19,20,21)(H,22,23,24). The highest BCUT2D eigenvalue weighted by Crippen LogP contribution is 2.33. The number of furan rings is 1. The van der Waals surface area contributed by atoms with Gasteiger partial charge in [0.2, 0.25) is 0 Å².